The Bertz CT molecular complexity index is 149. The lowest BCUT2D eigenvalue weighted by Gasteiger charge is -2.27. The van der Waals surface area contributed by atoms with Crippen molar-refractivity contribution in [2.45, 2.75) is 24.9 Å². The first-order valence-electron chi connectivity index (χ1n) is 3.87. The van der Waals surface area contributed by atoms with Crippen LogP contribution in [0.3, 0.4) is 0 Å². The summed E-state index contributed by atoms with van der Waals surface area (Å²) in [6.07, 6.45) is 1.70. The van der Waals surface area contributed by atoms with Crippen LogP contribution in [-0.4, -0.2) is 36.8 Å². The van der Waals surface area contributed by atoms with E-state index in [0.29, 0.717) is 12.5 Å². The SMILES string of the molecule is CNC1CCNC(C(=O)O)C1. The van der Waals surface area contributed by atoms with Crippen molar-refractivity contribution in [2.75, 3.05) is 13.6 Å². The fourth-order valence-corrected chi connectivity index (χ4v) is 1.37. The highest BCUT2D eigenvalue weighted by atomic mass is 16.4. The van der Waals surface area contributed by atoms with E-state index >= 15 is 0 Å². The average Bonchev–Trinajstić information content (AvgIpc) is 2.05. The van der Waals surface area contributed by atoms with E-state index in [1.165, 1.54) is 0 Å². The molecule has 3 N–H and O–H groups in total. The van der Waals surface area contributed by atoms with Gasteiger partial charge in [-0.1, -0.05) is 0 Å². The third-order valence-electron chi connectivity index (χ3n) is 2.11. The lowest BCUT2D eigenvalue weighted by atomic mass is 10.00. The summed E-state index contributed by atoms with van der Waals surface area (Å²) in [4.78, 5) is 10.5. The Morgan fingerprint density at radius 3 is 3.00 bits per heavy atom. The van der Waals surface area contributed by atoms with Gasteiger partial charge in [-0.15, -0.1) is 0 Å². The molecule has 1 saturated heterocycles. The molecule has 0 radical (unpaired) electrons. The minimum Gasteiger partial charge on any atom is -0.480 e. The van der Waals surface area contributed by atoms with Gasteiger partial charge in [0, 0.05) is 6.04 Å². The van der Waals surface area contributed by atoms with Gasteiger partial charge in [-0.25, -0.2) is 0 Å². The van der Waals surface area contributed by atoms with Crippen molar-refractivity contribution < 1.29 is 9.90 Å². The molecule has 2 unspecified atom stereocenters. The molecule has 2 atom stereocenters. The maximum atomic E-state index is 10.5. The Kier molecular flexibility index (Phi) is 2.84. The molecule has 1 heterocycles. The quantitative estimate of drug-likeness (QED) is 0.503. The first kappa shape index (κ1) is 8.49. The molecule has 11 heavy (non-hydrogen) atoms. The summed E-state index contributed by atoms with van der Waals surface area (Å²) >= 11 is 0. The third kappa shape index (κ3) is 2.17. The molecule has 0 aromatic heterocycles. The van der Waals surface area contributed by atoms with Gasteiger partial charge in [0.1, 0.15) is 6.04 Å². The van der Waals surface area contributed by atoms with Crippen molar-refractivity contribution in [1.82, 2.24) is 10.6 Å². The molecule has 1 rings (SSSR count). The standard InChI is InChI=1S/C7H14N2O2/c1-8-5-2-3-9-6(4-5)7(10)11/h5-6,8-9H,2-4H2,1H3,(H,10,11). The molecule has 4 nitrogen and oxygen atoms in total. The van der Waals surface area contributed by atoms with E-state index in [1.54, 1.807) is 0 Å². The van der Waals surface area contributed by atoms with Crippen LogP contribution in [0.5, 0.6) is 0 Å². The smallest absolute Gasteiger partial charge is 0.320 e. The molecule has 0 amide bonds. The van der Waals surface area contributed by atoms with Gasteiger partial charge >= 0.3 is 5.97 Å². The van der Waals surface area contributed by atoms with Crippen LogP contribution in [0.2, 0.25) is 0 Å². The minimum atomic E-state index is -0.745. The van der Waals surface area contributed by atoms with E-state index in [9.17, 15) is 4.79 Å². The lowest BCUT2D eigenvalue weighted by Crippen LogP contribution is -2.48. The molecule has 1 fully saturated rings. The Labute approximate surface area is 66.0 Å². The van der Waals surface area contributed by atoms with Gasteiger partial charge in [0.05, 0.1) is 0 Å². The topological polar surface area (TPSA) is 61.4 Å². The van der Waals surface area contributed by atoms with Crippen molar-refractivity contribution >= 4 is 5.97 Å². The lowest BCUT2D eigenvalue weighted by molar-refractivity contribution is -0.140. The second kappa shape index (κ2) is 3.69. The summed E-state index contributed by atoms with van der Waals surface area (Å²) in [6.45, 7) is 0.794. The predicted molar refractivity (Wildman–Crippen MR) is 41.5 cm³/mol. The summed E-state index contributed by atoms with van der Waals surface area (Å²) in [5.74, 6) is -0.745. The van der Waals surface area contributed by atoms with Crippen LogP contribution in [0.25, 0.3) is 0 Å². The third-order valence-corrected chi connectivity index (χ3v) is 2.11. The van der Waals surface area contributed by atoms with Gasteiger partial charge in [0.2, 0.25) is 0 Å². The Balaban J connectivity index is 2.39. The number of piperidine rings is 1. The second-order valence-electron chi connectivity index (χ2n) is 2.85. The second-order valence-corrected chi connectivity index (χ2v) is 2.85. The minimum absolute atomic E-state index is 0.359. The van der Waals surface area contributed by atoms with E-state index in [4.69, 9.17) is 5.11 Å². The van der Waals surface area contributed by atoms with Gasteiger partial charge < -0.3 is 15.7 Å². The molecule has 64 valence electrons. The van der Waals surface area contributed by atoms with Crippen molar-refractivity contribution in [2.24, 2.45) is 0 Å². The maximum absolute atomic E-state index is 10.5. The molecule has 1 aliphatic heterocycles. The summed E-state index contributed by atoms with van der Waals surface area (Å²) in [7, 11) is 1.87. The number of hydrogen-bond acceptors (Lipinski definition) is 3. The van der Waals surface area contributed by atoms with Crippen molar-refractivity contribution in [3.8, 4) is 0 Å². The molecule has 0 bridgehead atoms. The maximum Gasteiger partial charge on any atom is 0.320 e. The van der Waals surface area contributed by atoms with Crippen molar-refractivity contribution in [3.05, 3.63) is 0 Å². The van der Waals surface area contributed by atoms with Crippen LogP contribution in [-0.2, 0) is 4.79 Å². The molecular weight excluding hydrogens is 144 g/mol. The number of nitrogens with one attached hydrogen (secondary N) is 2. The monoisotopic (exact) mass is 158 g/mol. The molecule has 0 aromatic rings. The van der Waals surface area contributed by atoms with Crippen LogP contribution >= 0.6 is 0 Å². The van der Waals surface area contributed by atoms with Gasteiger partial charge in [-0.2, -0.15) is 0 Å². The molecular formula is C7H14N2O2. The highest BCUT2D eigenvalue weighted by Gasteiger charge is 2.24. The number of carboxylic acid groups (broad SMARTS) is 1. The zero-order chi connectivity index (χ0) is 8.27. The highest BCUT2D eigenvalue weighted by Crippen LogP contribution is 2.07. The van der Waals surface area contributed by atoms with Crippen LogP contribution in [0.15, 0.2) is 0 Å². The number of rotatable bonds is 2. The van der Waals surface area contributed by atoms with Crippen molar-refractivity contribution in [3.63, 3.8) is 0 Å². The Morgan fingerprint density at radius 1 is 1.73 bits per heavy atom. The molecule has 0 aliphatic carbocycles. The molecule has 0 aromatic carbocycles. The van der Waals surface area contributed by atoms with Crippen LogP contribution < -0.4 is 10.6 Å². The molecule has 0 saturated carbocycles. The zero-order valence-corrected chi connectivity index (χ0v) is 6.63. The summed E-state index contributed by atoms with van der Waals surface area (Å²) in [5.41, 5.74) is 0. The van der Waals surface area contributed by atoms with Gasteiger partial charge in [-0.05, 0) is 26.4 Å². The molecule has 0 spiro atoms. The fourth-order valence-electron chi connectivity index (χ4n) is 1.37. The summed E-state index contributed by atoms with van der Waals surface area (Å²) in [5, 5.41) is 14.7. The first-order chi connectivity index (χ1) is 5.24. The van der Waals surface area contributed by atoms with Gasteiger partial charge in [0.25, 0.3) is 0 Å². The zero-order valence-electron chi connectivity index (χ0n) is 6.63. The number of aliphatic carboxylic acids is 1. The predicted octanol–water partition coefficient (Wildman–Crippen LogP) is -0.589. The van der Waals surface area contributed by atoms with E-state index in [-0.39, 0.29) is 6.04 Å². The van der Waals surface area contributed by atoms with E-state index in [2.05, 4.69) is 10.6 Å². The van der Waals surface area contributed by atoms with Gasteiger partial charge in [-0.3, -0.25) is 4.79 Å². The van der Waals surface area contributed by atoms with Crippen LogP contribution in [0, 0.1) is 0 Å². The molecule has 1 aliphatic rings. The van der Waals surface area contributed by atoms with Crippen LogP contribution in [0.4, 0.5) is 0 Å². The number of carbonyl (C=O) groups is 1. The van der Waals surface area contributed by atoms with Gasteiger partial charge in [0.15, 0.2) is 0 Å². The largest absolute Gasteiger partial charge is 0.480 e. The Morgan fingerprint density at radius 2 is 2.45 bits per heavy atom. The average molecular weight is 158 g/mol. The van der Waals surface area contributed by atoms with E-state index in [1.807, 2.05) is 7.05 Å². The van der Waals surface area contributed by atoms with Crippen LogP contribution in [0.1, 0.15) is 12.8 Å². The Hall–Kier alpha value is -0.610. The first-order valence-corrected chi connectivity index (χ1v) is 3.87. The van der Waals surface area contributed by atoms with Crippen molar-refractivity contribution in [1.29, 1.82) is 0 Å². The molecule has 4 heteroatoms. The number of carboxylic acids is 1. The summed E-state index contributed by atoms with van der Waals surface area (Å²) < 4.78 is 0. The fraction of sp³-hybridized carbons (Fsp3) is 0.857. The highest BCUT2D eigenvalue weighted by molar-refractivity contribution is 5.73. The normalized spacial score (nSPS) is 31.7. The number of hydrogen-bond donors (Lipinski definition) is 3. The summed E-state index contributed by atoms with van der Waals surface area (Å²) in [6, 6.07) is -0.00134. The van der Waals surface area contributed by atoms with E-state index < -0.39 is 5.97 Å². The van der Waals surface area contributed by atoms with E-state index in [0.717, 1.165) is 13.0 Å².